The quantitative estimate of drug-likeness (QED) is 0.755. The maximum absolute atomic E-state index is 9.81. The molecule has 3 nitrogen and oxygen atoms in total. The van der Waals surface area contributed by atoms with Gasteiger partial charge in [-0.05, 0) is 27.7 Å². The second-order valence-electron chi connectivity index (χ2n) is 4.22. The van der Waals surface area contributed by atoms with Crippen molar-refractivity contribution in [1.82, 2.24) is 4.98 Å². The Morgan fingerprint density at radius 1 is 1.43 bits per heavy atom. The van der Waals surface area contributed by atoms with E-state index in [9.17, 15) is 5.11 Å². The van der Waals surface area contributed by atoms with Crippen LogP contribution in [0.4, 0.5) is 0 Å². The maximum Gasteiger partial charge on any atom is 0.352 e. The molecule has 0 aliphatic carbocycles. The van der Waals surface area contributed by atoms with E-state index in [0.29, 0.717) is 0 Å². The normalized spacial score (nSPS) is 12.9. The summed E-state index contributed by atoms with van der Waals surface area (Å²) in [6.45, 7) is 7.13. The van der Waals surface area contributed by atoms with Crippen molar-refractivity contribution in [3.63, 3.8) is 0 Å². The molecule has 14 heavy (non-hydrogen) atoms. The van der Waals surface area contributed by atoms with Crippen LogP contribution in [-0.2, 0) is 4.65 Å². The highest BCUT2D eigenvalue weighted by Gasteiger charge is 2.35. The summed E-state index contributed by atoms with van der Waals surface area (Å²) in [6.07, 6.45) is 0. The molecule has 0 bridgehead atoms. The molecule has 5 heteroatoms. The molecule has 0 amide bonds. The Morgan fingerprint density at radius 2 is 2.07 bits per heavy atom. The predicted octanol–water partition coefficient (Wildman–Crippen LogP) is 0.954. The Kier molecular flexibility index (Phi) is 3.34. The van der Waals surface area contributed by atoms with Gasteiger partial charge in [-0.1, -0.05) is 0 Å². The molecular formula is C9H15BNO2S. The van der Waals surface area contributed by atoms with Crippen molar-refractivity contribution in [3.8, 4) is 0 Å². The van der Waals surface area contributed by atoms with Gasteiger partial charge in [-0.15, -0.1) is 11.3 Å². The molecule has 0 spiro atoms. The lowest BCUT2D eigenvalue weighted by Gasteiger charge is -2.37. The van der Waals surface area contributed by atoms with Crippen LogP contribution in [0.15, 0.2) is 10.9 Å². The highest BCUT2D eigenvalue weighted by molar-refractivity contribution is 7.08. The third-order valence-electron chi connectivity index (χ3n) is 2.40. The minimum atomic E-state index is -0.889. The summed E-state index contributed by atoms with van der Waals surface area (Å²) >= 11 is 1.51. The lowest BCUT2D eigenvalue weighted by Crippen LogP contribution is -2.49. The van der Waals surface area contributed by atoms with Crippen LogP contribution in [-0.4, -0.2) is 28.8 Å². The van der Waals surface area contributed by atoms with Crippen LogP contribution in [0.3, 0.4) is 0 Å². The highest BCUT2D eigenvalue weighted by atomic mass is 32.1. The molecule has 1 aromatic heterocycles. The Morgan fingerprint density at radius 3 is 2.50 bits per heavy atom. The van der Waals surface area contributed by atoms with Crippen molar-refractivity contribution in [3.05, 3.63) is 10.9 Å². The fourth-order valence-electron chi connectivity index (χ4n) is 0.632. The van der Waals surface area contributed by atoms with Gasteiger partial charge in [0.1, 0.15) is 0 Å². The summed E-state index contributed by atoms with van der Waals surface area (Å²) in [5, 5.41) is 11.7. The summed E-state index contributed by atoms with van der Waals surface area (Å²) in [6, 6.07) is 0. The van der Waals surface area contributed by atoms with Crippen LogP contribution in [0.1, 0.15) is 27.7 Å². The third kappa shape index (κ3) is 2.80. The van der Waals surface area contributed by atoms with E-state index >= 15 is 0 Å². The molecular weight excluding hydrogens is 197 g/mol. The smallest absolute Gasteiger partial charge is 0.352 e. The van der Waals surface area contributed by atoms with Crippen LogP contribution >= 0.6 is 11.3 Å². The average molecular weight is 212 g/mol. The second-order valence-corrected chi connectivity index (χ2v) is 4.94. The van der Waals surface area contributed by atoms with Crippen molar-refractivity contribution in [2.45, 2.75) is 38.9 Å². The standard InChI is InChI=1S/C9H15BNO2S/c1-8(2,12)9(3,4)13-10-7-5-14-6-11-7/h5-6,12H,1-4H3. The summed E-state index contributed by atoms with van der Waals surface area (Å²) < 4.78 is 5.51. The topological polar surface area (TPSA) is 42.4 Å². The van der Waals surface area contributed by atoms with E-state index in [4.69, 9.17) is 4.65 Å². The van der Waals surface area contributed by atoms with Crippen LogP contribution in [0.2, 0.25) is 0 Å². The first-order chi connectivity index (χ1) is 6.33. The van der Waals surface area contributed by atoms with Crippen molar-refractivity contribution in [2.75, 3.05) is 0 Å². The zero-order valence-corrected chi connectivity index (χ0v) is 9.76. The number of aromatic nitrogens is 1. The first kappa shape index (κ1) is 11.7. The molecule has 1 rings (SSSR count). The van der Waals surface area contributed by atoms with Crippen molar-refractivity contribution in [1.29, 1.82) is 0 Å². The summed E-state index contributed by atoms with van der Waals surface area (Å²) in [5.74, 6) is 0. The minimum absolute atomic E-state index is 0.628. The summed E-state index contributed by atoms with van der Waals surface area (Å²) in [5.41, 5.74) is 1.01. The number of rotatable bonds is 4. The molecule has 0 aliphatic heterocycles. The highest BCUT2D eigenvalue weighted by Crippen LogP contribution is 2.24. The molecule has 1 N–H and O–H groups in total. The zero-order chi connectivity index (χ0) is 10.8. The molecule has 1 radical (unpaired) electrons. The van der Waals surface area contributed by atoms with Crippen molar-refractivity contribution < 1.29 is 9.76 Å². The maximum atomic E-state index is 9.81. The van der Waals surface area contributed by atoms with Gasteiger partial charge in [-0.3, -0.25) is 4.98 Å². The van der Waals surface area contributed by atoms with Crippen LogP contribution < -0.4 is 5.59 Å². The molecule has 0 aliphatic rings. The third-order valence-corrected chi connectivity index (χ3v) is 3.00. The van der Waals surface area contributed by atoms with E-state index in [1.165, 1.54) is 11.3 Å². The molecule has 0 saturated carbocycles. The van der Waals surface area contributed by atoms with Crippen molar-refractivity contribution in [2.24, 2.45) is 0 Å². The largest absolute Gasteiger partial charge is 0.425 e. The molecule has 0 aromatic carbocycles. The second kappa shape index (κ2) is 4.00. The first-order valence-corrected chi connectivity index (χ1v) is 5.39. The van der Waals surface area contributed by atoms with E-state index in [2.05, 4.69) is 4.98 Å². The van der Waals surface area contributed by atoms with Gasteiger partial charge >= 0.3 is 7.48 Å². The molecule has 1 heterocycles. The fraction of sp³-hybridized carbons (Fsp3) is 0.667. The Labute approximate surface area is 89.4 Å². The SMILES string of the molecule is CC(C)(O)C(C)(C)O[B]c1cscn1. The van der Waals surface area contributed by atoms with E-state index in [1.807, 2.05) is 19.2 Å². The summed E-state index contributed by atoms with van der Waals surface area (Å²) in [7, 11) is 1.58. The van der Waals surface area contributed by atoms with Gasteiger partial charge in [0, 0.05) is 11.0 Å². The average Bonchev–Trinajstić information content (AvgIpc) is 2.50. The van der Waals surface area contributed by atoms with Crippen LogP contribution in [0.5, 0.6) is 0 Å². The Hall–Kier alpha value is -0.385. The molecule has 1 aromatic rings. The number of nitrogens with zero attached hydrogens (tertiary/aromatic N) is 1. The fourth-order valence-corrected chi connectivity index (χ4v) is 1.13. The number of thiazole rings is 1. The van der Waals surface area contributed by atoms with E-state index in [1.54, 1.807) is 26.8 Å². The number of hydrogen-bond donors (Lipinski definition) is 1. The van der Waals surface area contributed by atoms with Crippen LogP contribution in [0, 0.1) is 0 Å². The van der Waals surface area contributed by atoms with E-state index in [0.717, 1.165) is 5.59 Å². The van der Waals surface area contributed by atoms with Gasteiger partial charge in [0.05, 0.1) is 16.7 Å². The molecule has 0 saturated heterocycles. The van der Waals surface area contributed by atoms with Gasteiger partial charge in [-0.2, -0.15) is 0 Å². The molecule has 0 unspecified atom stereocenters. The lowest BCUT2D eigenvalue weighted by atomic mass is 9.85. The van der Waals surface area contributed by atoms with E-state index < -0.39 is 11.2 Å². The number of aliphatic hydroxyl groups is 1. The van der Waals surface area contributed by atoms with Gasteiger partial charge in [0.2, 0.25) is 0 Å². The first-order valence-electron chi connectivity index (χ1n) is 4.44. The number of hydrogen-bond acceptors (Lipinski definition) is 4. The Balaban J connectivity index is 2.53. The monoisotopic (exact) mass is 212 g/mol. The zero-order valence-electron chi connectivity index (χ0n) is 8.94. The van der Waals surface area contributed by atoms with Gasteiger partial charge < -0.3 is 9.76 Å². The van der Waals surface area contributed by atoms with E-state index in [-0.39, 0.29) is 0 Å². The van der Waals surface area contributed by atoms with Crippen LogP contribution in [0.25, 0.3) is 0 Å². The van der Waals surface area contributed by atoms with Gasteiger partial charge in [0.15, 0.2) is 0 Å². The Bertz CT molecular complexity index is 280. The molecule has 77 valence electrons. The molecule has 0 atom stereocenters. The summed E-state index contributed by atoms with van der Waals surface area (Å²) in [4.78, 5) is 4.06. The molecule has 0 fully saturated rings. The minimum Gasteiger partial charge on any atom is -0.425 e. The predicted molar refractivity (Wildman–Crippen MR) is 59.0 cm³/mol. The van der Waals surface area contributed by atoms with Crippen molar-refractivity contribution >= 4 is 24.4 Å². The van der Waals surface area contributed by atoms with Gasteiger partial charge in [-0.25, -0.2) is 0 Å². The van der Waals surface area contributed by atoms with Gasteiger partial charge in [0.25, 0.3) is 0 Å². The lowest BCUT2D eigenvalue weighted by molar-refractivity contribution is -0.0893.